The number of terminal acetylenes is 1. The summed E-state index contributed by atoms with van der Waals surface area (Å²) in [5.41, 5.74) is 0.777. The lowest BCUT2D eigenvalue weighted by Gasteiger charge is -2.19. The second-order valence-electron chi connectivity index (χ2n) is 5.36. The average Bonchev–Trinajstić information content (AvgIpc) is 2.34. The van der Waals surface area contributed by atoms with Gasteiger partial charge in [0.25, 0.3) is 0 Å². The number of nitrogens with one attached hydrogen (secondary N) is 1. The van der Waals surface area contributed by atoms with E-state index >= 15 is 0 Å². The first kappa shape index (κ1) is 15.8. The zero-order chi connectivity index (χ0) is 15.2. The highest BCUT2D eigenvalue weighted by atomic mass is 16.6. The largest absolute Gasteiger partial charge is 0.460 e. The van der Waals surface area contributed by atoms with Gasteiger partial charge in [-0.05, 0) is 39.0 Å². The van der Waals surface area contributed by atoms with Crippen LogP contribution in [0.3, 0.4) is 0 Å². The molecule has 0 saturated heterocycles. The van der Waals surface area contributed by atoms with Crippen LogP contribution in [-0.2, 0) is 14.3 Å². The third-order valence-corrected chi connectivity index (χ3v) is 2.29. The van der Waals surface area contributed by atoms with Gasteiger partial charge in [0.2, 0.25) is 5.91 Å². The summed E-state index contributed by atoms with van der Waals surface area (Å²) in [6, 6.07) is 6.98. The molecular weight excluding hydrogens is 254 g/mol. The molecule has 0 bridgehead atoms. The number of hydrogen-bond acceptors (Lipinski definition) is 3. The average molecular weight is 273 g/mol. The van der Waals surface area contributed by atoms with Gasteiger partial charge in [0.1, 0.15) is 5.60 Å². The first-order valence-electron chi connectivity index (χ1n) is 6.38. The Kier molecular flexibility index (Phi) is 5.33. The zero-order valence-electron chi connectivity index (χ0n) is 12.0. The molecule has 1 amide bonds. The van der Waals surface area contributed by atoms with Crippen LogP contribution in [0.4, 0.5) is 5.69 Å². The Bertz CT molecular complexity index is 535. The molecule has 1 aromatic carbocycles. The Morgan fingerprint density at radius 1 is 1.30 bits per heavy atom. The van der Waals surface area contributed by atoms with Crippen molar-refractivity contribution in [2.24, 2.45) is 0 Å². The molecule has 0 unspecified atom stereocenters. The Balaban J connectivity index is 2.44. The van der Waals surface area contributed by atoms with Crippen molar-refractivity contribution in [2.75, 3.05) is 5.32 Å². The van der Waals surface area contributed by atoms with E-state index in [1.165, 1.54) is 0 Å². The van der Waals surface area contributed by atoms with Gasteiger partial charge < -0.3 is 10.1 Å². The fraction of sp³-hybridized carbons (Fsp3) is 0.375. The van der Waals surface area contributed by atoms with E-state index in [1.54, 1.807) is 45.0 Å². The Labute approximate surface area is 119 Å². The lowest BCUT2D eigenvalue weighted by Crippen LogP contribution is -2.24. The predicted molar refractivity (Wildman–Crippen MR) is 78.1 cm³/mol. The van der Waals surface area contributed by atoms with Crippen LogP contribution in [0.1, 0.15) is 39.2 Å². The van der Waals surface area contributed by atoms with Gasteiger partial charge in [0.15, 0.2) is 0 Å². The molecule has 0 heterocycles. The van der Waals surface area contributed by atoms with Gasteiger partial charge in [-0.15, -0.1) is 6.42 Å². The van der Waals surface area contributed by atoms with E-state index in [1.807, 2.05) is 0 Å². The molecule has 0 atom stereocenters. The number of rotatable bonds is 4. The highest BCUT2D eigenvalue weighted by Crippen LogP contribution is 2.12. The number of amides is 1. The van der Waals surface area contributed by atoms with Crippen LogP contribution in [0.5, 0.6) is 0 Å². The third-order valence-electron chi connectivity index (χ3n) is 2.29. The van der Waals surface area contributed by atoms with Crippen LogP contribution >= 0.6 is 0 Å². The Hall–Kier alpha value is -2.28. The van der Waals surface area contributed by atoms with Crippen molar-refractivity contribution in [1.82, 2.24) is 0 Å². The van der Waals surface area contributed by atoms with Crippen LogP contribution in [0.15, 0.2) is 24.3 Å². The van der Waals surface area contributed by atoms with E-state index in [4.69, 9.17) is 11.2 Å². The number of ether oxygens (including phenoxy) is 1. The van der Waals surface area contributed by atoms with Crippen LogP contribution < -0.4 is 5.32 Å². The molecule has 0 spiro atoms. The second kappa shape index (κ2) is 6.76. The lowest BCUT2D eigenvalue weighted by molar-refractivity contribution is -0.155. The molecule has 0 fully saturated rings. The van der Waals surface area contributed by atoms with E-state index in [2.05, 4.69) is 11.2 Å². The molecule has 106 valence electrons. The van der Waals surface area contributed by atoms with Gasteiger partial charge in [-0.2, -0.15) is 0 Å². The van der Waals surface area contributed by atoms with Crippen molar-refractivity contribution >= 4 is 17.6 Å². The first-order valence-corrected chi connectivity index (χ1v) is 6.38. The van der Waals surface area contributed by atoms with Crippen molar-refractivity contribution in [1.29, 1.82) is 0 Å². The van der Waals surface area contributed by atoms with Gasteiger partial charge in [0, 0.05) is 17.7 Å². The van der Waals surface area contributed by atoms with Crippen molar-refractivity contribution in [3.8, 4) is 12.3 Å². The fourth-order valence-electron chi connectivity index (χ4n) is 1.52. The molecule has 0 aromatic heterocycles. The minimum atomic E-state index is -0.533. The fourth-order valence-corrected chi connectivity index (χ4v) is 1.52. The van der Waals surface area contributed by atoms with Crippen LogP contribution in [0.2, 0.25) is 0 Å². The van der Waals surface area contributed by atoms with Gasteiger partial charge in [-0.1, -0.05) is 12.0 Å². The number of anilines is 1. The predicted octanol–water partition coefficient (Wildman–Crippen LogP) is 2.73. The van der Waals surface area contributed by atoms with Crippen LogP contribution in [0.25, 0.3) is 0 Å². The summed E-state index contributed by atoms with van der Waals surface area (Å²) < 4.78 is 5.13. The third kappa shape index (κ3) is 6.05. The van der Waals surface area contributed by atoms with E-state index in [0.717, 1.165) is 0 Å². The van der Waals surface area contributed by atoms with Crippen LogP contribution in [-0.4, -0.2) is 17.5 Å². The molecule has 0 aliphatic heterocycles. The van der Waals surface area contributed by atoms with E-state index in [0.29, 0.717) is 11.3 Å². The molecule has 4 heteroatoms. The highest BCUT2D eigenvalue weighted by Gasteiger charge is 2.17. The molecular formula is C16H19NO3. The topological polar surface area (TPSA) is 55.4 Å². The number of carbonyl (C=O) groups is 2. The molecule has 1 N–H and O–H groups in total. The SMILES string of the molecule is C#Cc1cccc(NC(=O)CCC(=O)OC(C)(C)C)c1. The molecule has 0 aliphatic carbocycles. The molecule has 0 aliphatic rings. The summed E-state index contributed by atoms with van der Waals surface area (Å²) in [6.07, 6.45) is 5.41. The Morgan fingerprint density at radius 3 is 2.60 bits per heavy atom. The summed E-state index contributed by atoms with van der Waals surface area (Å²) in [5.74, 6) is 1.86. The monoisotopic (exact) mass is 273 g/mol. The molecule has 4 nitrogen and oxygen atoms in total. The van der Waals surface area contributed by atoms with Crippen molar-refractivity contribution in [3.63, 3.8) is 0 Å². The van der Waals surface area contributed by atoms with E-state index in [-0.39, 0.29) is 24.7 Å². The quantitative estimate of drug-likeness (QED) is 0.678. The van der Waals surface area contributed by atoms with E-state index < -0.39 is 5.60 Å². The van der Waals surface area contributed by atoms with Gasteiger partial charge >= 0.3 is 5.97 Å². The van der Waals surface area contributed by atoms with E-state index in [9.17, 15) is 9.59 Å². The second-order valence-corrected chi connectivity index (χ2v) is 5.36. The van der Waals surface area contributed by atoms with Crippen molar-refractivity contribution in [2.45, 2.75) is 39.2 Å². The summed E-state index contributed by atoms with van der Waals surface area (Å²) in [6.45, 7) is 5.36. The summed E-state index contributed by atoms with van der Waals surface area (Å²) >= 11 is 0. The molecule has 1 rings (SSSR count). The molecule has 20 heavy (non-hydrogen) atoms. The number of esters is 1. The standard InChI is InChI=1S/C16H19NO3/c1-5-12-7-6-8-13(11-12)17-14(18)9-10-15(19)20-16(2,3)4/h1,6-8,11H,9-10H2,2-4H3,(H,17,18). The van der Waals surface area contributed by atoms with Crippen molar-refractivity contribution in [3.05, 3.63) is 29.8 Å². The molecule has 1 aromatic rings. The number of benzene rings is 1. The summed E-state index contributed by atoms with van der Waals surface area (Å²) in [4.78, 5) is 23.2. The molecule has 0 saturated carbocycles. The van der Waals surface area contributed by atoms with Crippen molar-refractivity contribution < 1.29 is 14.3 Å². The van der Waals surface area contributed by atoms with Gasteiger partial charge in [-0.25, -0.2) is 0 Å². The Morgan fingerprint density at radius 2 is 2.00 bits per heavy atom. The van der Waals surface area contributed by atoms with Gasteiger partial charge in [0.05, 0.1) is 6.42 Å². The normalized spacial score (nSPS) is 10.5. The maximum absolute atomic E-state index is 11.7. The lowest BCUT2D eigenvalue weighted by atomic mass is 10.2. The van der Waals surface area contributed by atoms with Gasteiger partial charge in [-0.3, -0.25) is 9.59 Å². The zero-order valence-corrected chi connectivity index (χ0v) is 12.0. The number of hydrogen-bond donors (Lipinski definition) is 1. The summed E-state index contributed by atoms with van der Waals surface area (Å²) in [5, 5.41) is 2.69. The van der Waals surface area contributed by atoms with Crippen LogP contribution in [0, 0.1) is 12.3 Å². The molecule has 0 radical (unpaired) electrons. The maximum atomic E-state index is 11.7. The summed E-state index contributed by atoms with van der Waals surface area (Å²) in [7, 11) is 0. The minimum absolute atomic E-state index is 0.0535. The minimum Gasteiger partial charge on any atom is -0.460 e. The number of carbonyl (C=O) groups excluding carboxylic acids is 2. The smallest absolute Gasteiger partial charge is 0.306 e. The maximum Gasteiger partial charge on any atom is 0.306 e. The highest BCUT2D eigenvalue weighted by molar-refractivity contribution is 5.92. The first-order chi connectivity index (χ1) is 9.30.